The minimum atomic E-state index is -0.250. The Morgan fingerprint density at radius 1 is 1.56 bits per heavy atom. The molecule has 1 fully saturated rings. The SMILES string of the molecule is CC(C)CN1C(=O)C(CC#N)N(C)CC1C. The fourth-order valence-corrected chi connectivity index (χ4v) is 2.23. The molecule has 1 aliphatic heterocycles. The van der Waals surface area contributed by atoms with Gasteiger partial charge in [0.1, 0.15) is 6.04 Å². The third kappa shape index (κ3) is 2.73. The standard InChI is InChI=1S/C12H21N3O/c1-9(2)7-15-10(3)8-14(4)11(5-6-13)12(15)16/h9-11H,5,7-8H2,1-4H3. The van der Waals surface area contributed by atoms with Gasteiger partial charge in [0.05, 0.1) is 12.5 Å². The lowest BCUT2D eigenvalue weighted by Crippen LogP contribution is -2.60. The molecule has 0 radical (unpaired) electrons. The highest BCUT2D eigenvalue weighted by Crippen LogP contribution is 2.18. The first-order chi connectivity index (χ1) is 7.47. The fraction of sp³-hybridized carbons (Fsp3) is 0.833. The van der Waals surface area contributed by atoms with Crippen molar-refractivity contribution in [2.45, 2.75) is 39.3 Å². The third-order valence-electron chi connectivity index (χ3n) is 3.03. The zero-order valence-electron chi connectivity index (χ0n) is 10.6. The van der Waals surface area contributed by atoms with E-state index in [1.165, 1.54) is 0 Å². The van der Waals surface area contributed by atoms with Crippen LogP contribution in [0.4, 0.5) is 0 Å². The molecule has 0 aromatic rings. The molecular formula is C12H21N3O. The predicted octanol–water partition coefficient (Wildman–Crippen LogP) is 1.09. The molecule has 2 unspecified atom stereocenters. The second kappa shape index (κ2) is 5.31. The van der Waals surface area contributed by atoms with Gasteiger partial charge in [-0.1, -0.05) is 13.8 Å². The summed E-state index contributed by atoms with van der Waals surface area (Å²) < 4.78 is 0. The van der Waals surface area contributed by atoms with Crippen molar-refractivity contribution in [1.29, 1.82) is 5.26 Å². The van der Waals surface area contributed by atoms with Gasteiger partial charge in [-0.3, -0.25) is 9.69 Å². The molecule has 2 atom stereocenters. The highest BCUT2D eigenvalue weighted by Gasteiger charge is 2.36. The van der Waals surface area contributed by atoms with Crippen molar-refractivity contribution >= 4 is 5.91 Å². The Bertz CT molecular complexity index is 295. The maximum Gasteiger partial charge on any atom is 0.241 e. The van der Waals surface area contributed by atoms with Gasteiger partial charge in [0, 0.05) is 19.1 Å². The zero-order chi connectivity index (χ0) is 12.3. The molecular weight excluding hydrogens is 202 g/mol. The van der Waals surface area contributed by atoms with E-state index in [2.05, 4.69) is 26.8 Å². The van der Waals surface area contributed by atoms with E-state index in [0.717, 1.165) is 13.1 Å². The summed E-state index contributed by atoms with van der Waals surface area (Å²) in [6, 6.07) is 2.09. The maximum absolute atomic E-state index is 12.2. The molecule has 0 N–H and O–H groups in total. The highest BCUT2D eigenvalue weighted by molar-refractivity contribution is 5.83. The summed E-state index contributed by atoms with van der Waals surface area (Å²) >= 11 is 0. The van der Waals surface area contributed by atoms with E-state index in [4.69, 9.17) is 5.26 Å². The number of nitriles is 1. The molecule has 1 saturated heterocycles. The summed E-state index contributed by atoms with van der Waals surface area (Å²) in [5.74, 6) is 0.578. The number of amides is 1. The molecule has 0 aliphatic carbocycles. The summed E-state index contributed by atoms with van der Waals surface area (Å²) in [5.41, 5.74) is 0. The van der Waals surface area contributed by atoms with E-state index in [1.54, 1.807) is 0 Å². The summed E-state index contributed by atoms with van der Waals surface area (Å²) in [5, 5.41) is 8.74. The summed E-state index contributed by atoms with van der Waals surface area (Å²) in [6.45, 7) is 7.93. The summed E-state index contributed by atoms with van der Waals surface area (Å²) in [4.78, 5) is 16.1. The van der Waals surface area contributed by atoms with Gasteiger partial charge < -0.3 is 4.90 Å². The Hall–Kier alpha value is -1.08. The topological polar surface area (TPSA) is 47.3 Å². The van der Waals surface area contributed by atoms with E-state index >= 15 is 0 Å². The van der Waals surface area contributed by atoms with Crippen molar-refractivity contribution in [2.24, 2.45) is 5.92 Å². The number of rotatable bonds is 3. The molecule has 90 valence electrons. The summed E-state index contributed by atoms with van der Waals surface area (Å²) in [7, 11) is 1.92. The van der Waals surface area contributed by atoms with Gasteiger partial charge in [0.15, 0.2) is 0 Å². The molecule has 0 aromatic heterocycles. The van der Waals surface area contributed by atoms with Crippen LogP contribution in [-0.2, 0) is 4.79 Å². The smallest absolute Gasteiger partial charge is 0.241 e. The summed E-state index contributed by atoms with van der Waals surface area (Å²) in [6.07, 6.45) is 0.288. The number of piperazine rings is 1. The van der Waals surface area contributed by atoms with Crippen molar-refractivity contribution in [2.75, 3.05) is 20.1 Å². The van der Waals surface area contributed by atoms with Crippen LogP contribution < -0.4 is 0 Å². The Labute approximate surface area is 97.8 Å². The van der Waals surface area contributed by atoms with Gasteiger partial charge >= 0.3 is 0 Å². The van der Waals surface area contributed by atoms with E-state index in [9.17, 15) is 4.79 Å². The first-order valence-corrected chi connectivity index (χ1v) is 5.85. The Morgan fingerprint density at radius 3 is 2.69 bits per heavy atom. The second-order valence-corrected chi connectivity index (χ2v) is 5.05. The monoisotopic (exact) mass is 223 g/mol. The van der Waals surface area contributed by atoms with E-state index in [1.807, 2.05) is 16.8 Å². The van der Waals surface area contributed by atoms with Crippen LogP contribution in [0.15, 0.2) is 0 Å². The highest BCUT2D eigenvalue weighted by atomic mass is 16.2. The number of likely N-dealkylation sites (N-methyl/N-ethyl adjacent to an activating group) is 1. The molecule has 1 rings (SSSR count). The minimum Gasteiger partial charge on any atom is -0.337 e. The van der Waals surface area contributed by atoms with Crippen LogP contribution in [0.2, 0.25) is 0 Å². The van der Waals surface area contributed by atoms with Crippen molar-refractivity contribution in [3.8, 4) is 6.07 Å². The molecule has 4 heteroatoms. The normalized spacial score (nSPS) is 27.2. The van der Waals surface area contributed by atoms with Gasteiger partial charge in [0.25, 0.3) is 0 Å². The maximum atomic E-state index is 12.2. The van der Waals surface area contributed by atoms with Crippen LogP contribution in [0.25, 0.3) is 0 Å². The van der Waals surface area contributed by atoms with Gasteiger partial charge in [-0.2, -0.15) is 5.26 Å². The largest absolute Gasteiger partial charge is 0.337 e. The average Bonchev–Trinajstić information content (AvgIpc) is 2.19. The molecule has 0 bridgehead atoms. The molecule has 1 aliphatic rings. The average molecular weight is 223 g/mol. The van der Waals surface area contributed by atoms with Gasteiger partial charge in [0.2, 0.25) is 5.91 Å². The fourth-order valence-electron chi connectivity index (χ4n) is 2.23. The Morgan fingerprint density at radius 2 is 2.19 bits per heavy atom. The Balaban J connectivity index is 2.78. The zero-order valence-corrected chi connectivity index (χ0v) is 10.6. The number of carbonyl (C=O) groups is 1. The number of hydrogen-bond donors (Lipinski definition) is 0. The van der Waals surface area contributed by atoms with Crippen LogP contribution in [0, 0.1) is 17.2 Å². The van der Waals surface area contributed by atoms with Gasteiger partial charge in [-0.05, 0) is 19.9 Å². The molecule has 0 saturated carbocycles. The first-order valence-electron chi connectivity index (χ1n) is 5.85. The number of hydrogen-bond acceptors (Lipinski definition) is 3. The van der Waals surface area contributed by atoms with Crippen LogP contribution in [-0.4, -0.2) is 47.9 Å². The number of nitrogens with zero attached hydrogens (tertiary/aromatic N) is 3. The lowest BCUT2D eigenvalue weighted by atomic mass is 10.0. The van der Waals surface area contributed by atoms with Gasteiger partial charge in [-0.25, -0.2) is 0 Å². The quantitative estimate of drug-likeness (QED) is 0.719. The van der Waals surface area contributed by atoms with Crippen LogP contribution in [0.3, 0.4) is 0 Å². The van der Waals surface area contributed by atoms with Crippen LogP contribution in [0.5, 0.6) is 0 Å². The van der Waals surface area contributed by atoms with Crippen molar-refractivity contribution in [3.63, 3.8) is 0 Å². The molecule has 0 spiro atoms. The molecule has 1 heterocycles. The van der Waals surface area contributed by atoms with Gasteiger partial charge in [-0.15, -0.1) is 0 Å². The molecule has 1 amide bonds. The van der Waals surface area contributed by atoms with Crippen LogP contribution >= 0.6 is 0 Å². The van der Waals surface area contributed by atoms with E-state index < -0.39 is 0 Å². The van der Waals surface area contributed by atoms with Crippen molar-refractivity contribution < 1.29 is 4.79 Å². The van der Waals surface area contributed by atoms with Crippen molar-refractivity contribution in [1.82, 2.24) is 9.80 Å². The Kier molecular flexibility index (Phi) is 4.31. The van der Waals surface area contributed by atoms with E-state index in [-0.39, 0.29) is 24.4 Å². The predicted molar refractivity (Wildman–Crippen MR) is 62.7 cm³/mol. The number of carbonyl (C=O) groups excluding carboxylic acids is 1. The van der Waals surface area contributed by atoms with Crippen LogP contribution in [0.1, 0.15) is 27.2 Å². The first kappa shape index (κ1) is 13.0. The lowest BCUT2D eigenvalue weighted by molar-refractivity contribution is -0.144. The molecule has 16 heavy (non-hydrogen) atoms. The third-order valence-corrected chi connectivity index (χ3v) is 3.03. The molecule has 0 aromatic carbocycles. The minimum absolute atomic E-state index is 0.108. The van der Waals surface area contributed by atoms with E-state index in [0.29, 0.717) is 5.92 Å². The van der Waals surface area contributed by atoms with Crippen molar-refractivity contribution in [3.05, 3.63) is 0 Å². The second-order valence-electron chi connectivity index (χ2n) is 5.05. The molecule has 4 nitrogen and oxygen atoms in total. The lowest BCUT2D eigenvalue weighted by Gasteiger charge is -2.43.